The third kappa shape index (κ3) is 5.56. The lowest BCUT2D eigenvalue weighted by molar-refractivity contribution is -0.137. The van der Waals surface area contributed by atoms with Gasteiger partial charge in [0.1, 0.15) is 5.82 Å². The summed E-state index contributed by atoms with van der Waals surface area (Å²) in [5.74, 6) is -0.584. The van der Waals surface area contributed by atoms with Crippen LogP contribution in [0, 0.1) is 0 Å². The Morgan fingerprint density at radius 2 is 2.21 bits per heavy atom. The molecule has 104 valence electrons. The summed E-state index contributed by atoms with van der Waals surface area (Å²) in [6, 6.07) is 2.98. The SMILES string of the molecule is CC(CC(=O)O)NC(=O)CN(C)c1ccc(Cl)cn1. The van der Waals surface area contributed by atoms with E-state index in [1.807, 2.05) is 0 Å². The van der Waals surface area contributed by atoms with Gasteiger partial charge in [0, 0.05) is 19.3 Å². The van der Waals surface area contributed by atoms with Crippen molar-refractivity contribution in [1.82, 2.24) is 10.3 Å². The number of nitrogens with zero attached hydrogens (tertiary/aromatic N) is 2. The van der Waals surface area contributed by atoms with Crippen molar-refractivity contribution in [3.05, 3.63) is 23.4 Å². The van der Waals surface area contributed by atoms with E-state index in [4.69, 9.17) is 16.7 Å². The van der Waals surface area contributed by atoms with Gasteiger partial charge in [0.25, 0.3) is 0 Å². The number of halogens is 1. The molecule has 0 bridgehead atoms. The first-order valence-corrected chi connectivity index (χ1v) is 6.10. The number of anilines is 1. The number of likely N-dealkylation sites (N-methyl/N-ethyl adjacent to an activating group) is 1. The lowest BCUT2D eigenvalue weighted by Crippen LogP contribution is -2.40. The van der Waals surface area contributed by atoms with Gasteiger partial charge in [0.15, 0.2) is 0 Å². The number of carboxylic acid groups (broad SMARTS) is 1. The Labute approximate surface area is 116 Å². The van der Waals surface area contributed by atoms with Crippen LogP contribution in [0.25, 0.3) is 0 Å². The van der Waals surface area contributed by atoms with E-state index in [9.17, 15) is 9.59 Å². The number of rotatable bonds is 6. The average molecular weight is 286 g/mol. The summed E-state index contributed by atoms with van der Waals surface area (Å²) in [6.45, 7) is 1.74. The molecule has 0 saturated carbocycles. The molecule has 1 amide bonds. The van der Waals surface area contributed by atoms with Gasteiger partial charge in [-0.2, -0.15) is 0 Å². The molecule has 6 nitrogen and oxygen atoms in total. The summed E-state index contributed by atoms with van der Waals surface area (Å²) in [5, 5.41) is 11.7. The molecule has 0 aromatic carbocycles. The number of aromatic nitrogens is 1. The van der Waals surface area contributed by atoms with Gasteiger partial charge in [0.05, 0.1) is 18.0 Å². The van der Waals surface area contributed by atoms with Crippen LogP contribution in [0.15, 0.2) is 18.3 Å². The minimum atomic E-state index is -0.944. The highest BCUT2D eigenvalue weighted by molar-refractivity contribution is 6.30. The Bertz CT molecular complexity index is 450. The molecule has 2 N–H and O–H groups in total. The molecule has 1 aromatic rings. The number of carboxylic acids is 1. The Morgan fingerprint density at radius 1 is 1.53 bits per heavy atom. The van der Waals surface area contributed by atoms with Crippen LogP contribution in [0.1, 0.15) is 13.3 Å². The van der Waals surface area contributed by atoms with Crippen molar-refractivity contribution in [2.45, 2.75) is 19.4 Å². The number of pyridine rings is 1. The summed E-state index contributed by atoms with van der Waals surface area (Å²) in [7, 11) is 1.72. The van der Waals surface area contributed by atoms with Gasteiger partial charge in [0.2, 0.25) is 5.91 Å². The number of carbonyl (C=O) groups is 2. The van der Waals surface area contributed by atoms with E-state index >= 15 is 0 Å². The molecular weight excluding hydrogens is 270 g/mol. The molecule has 0 aliphatic rings. The molecule has 19 heavy (non-hydrogen) atoms. The number of nitrogens with one attached hydrogen (secondary N) is 1. The molecule has 7 heteroatoms. The first-order chi connectivity index (χ1) is 8.88. The molecule has 0 aliphatic heterocycles. The van der Waals surface area contributed by atoms with E-state index in [-0.39, 0.29) is 18.9 Å². The largest absolute Gasteiger partial charge is 0.481 e. The predicted octanol–water partition coefficient (Wildman–Crippen LogP) is 1.15. The predicted molar refractivity (Wildman–Crippen MR) is 72.4 cm³/mol. The Kier molecular flexibility index (Phi) is 5.57. The summed E-state index contributed by atoms with van der Waals surface area (Å²) < 4.78 is 0. The standard InChI is InChI=1S/C12H16ClN3O3/c1-8(5-12(18)19)15-11(17)7-16(2)10-4-3-9(13)6-14-10/h3-4,6,8H,5,7H2,1-2H3,(H,15,17)(H,18,19). The topological polar surface area (TPSA) is 82.5 Å². The van der Waals surface area contributed by atoms with Crippen LogP contribution in [-0.4, -0.2) is 41.6 Å². The van der Waals surface area contributed by atoms with Crippen LogP contribution < -0.4 is 10.2 Å². The van der Waals surface area contributed by atoms with Gasteiger partial charge < -0.3 is 15.3 Å². The summed E-state index contributed by atoms with van der Waals surface area (Å²) in [4.78, 5) is 27.9. The molecule has 0 radical (unpaired) electrons. The summed E-state index contributed by atoms with van der Waals surface area (Å²) in [6.07, 6.45) is 1.40. The van der Waals surface area contributed by atoms with Gasteiger partial charge >= 0.3 is 5.97 Å². The van der Waals surface area contributed by atoms with E-state index in [1.54, 1.807) is 31.0 Å². The molecule has 0 aliphatic carbocycles. The number of aliphatic carboxylic acids is 1. The third-order valence-corrected chi connectivity index (χ3v) is 2.60. The van der Waals surface area contributed by atoms with Crippen molar-refractivity contribution >= 4 is 29.3 Å². The normalized spacial score (nSPS) is 11.7. The van der Waals surface area contributed by atoms with Crippen LogP contribution >= 0.6 is 11.6 Å². The maximum Gasteiger partial charge on any atom is 0.305 e. The van der Waals surface area contributed by atoms with Crippen LogP contribution in [0.2, 0.25) is 5.02 Å². The second-order valence-electron chi connectivity index (χ2n) is 4.26. The van der Waals surface area contributed by atoms with Gasteiger partial charge in [-0.3, -0.25) is 9.59 Å². The minimum absolute atomic E-state index is 0.0958. The van der Waals surface area contributed by atoms with Crippen molar-refractivity contribution in [3.63, 3.8) is 0 Å². The lowest BCUT2D eigenvalue weighted by Gasteiger charge is -2.19. The fourth-order valence-electron chi connectivity index (χ4n) is 1.52. The second kappa shape index (κ2) is 6.94. The molecule has 1 atom stereocenters. The van der Waals surface area contributed by atoms with Crippen molar-refractivity contribution in [2.24, 2.45) is 0 Å². The molecule has 1 rings (SSSR count). The zero-order valence-electron chi connectivity index (χ0n) is 10.8. The molecule has 0 fully saturated rings. The van der Waals surface area contributed by atoms with Crippen molar-refractivity contribution in [3.8, 4) is 0 Å². The van der Waals surface area contributed by atoms with E-state index in [0.29, 0.717) is 10.8 Å². The fraction of sp³-hybridized carbons (Fsp3) is 0.417. The summed E-state index contributed by atoms with van der Waals surface area (Å²) >= 11 is 5.72. The van der Waals surface area contributed by atoms with Crippen LogP contribution in [0.5, 0.6) is 0 Å². The van der Waals surface area contributed by atoms with Crippen molar-refractivity contribution < 1.29 is 14.7 Å². The number of carbonyl (C=O) groups excluding carboxylic acids is 1. The molecular formula is C12H16ClN3O3. The van der Waals surface area contributed by atoms with Crippen LogP contribution in [0.4, 0.5) is 5.82 Å². The fourth-order valence-corrected chi connectivity index (χ4v) is 1.64. The van der Waals surface area contributed by atoms with Gasteiger partial charge in [-0.05, 0) is 19.1 Å². The van der Waals surface area contributed by atoms with Crippen LogP contribution in [-0.2, 0) is 9.59 Å². The van der Waals surface area contributed by atoms with E-state index in [2.05, 4.69) is 10.3 Å². The average Bonchev–Trinajstić information content (AvgIpc) is 2.27. The number of hydrogen-bond acceptors (Lipinski definition) is 4. The molecule has 1 aromatic heterocycles. The monoisotopic (exact) mass is 285 g/mol. The highest BCUT2D eigenvalue weighted by Crippen LogP contribution is 2.12. The maximum atomic E-state index is 11.7. The maximum absolute atomic E-state index is 11.7. The van der Waals surface area contributed by atoms with Crippen molar-refractivity contribution in [1.29, 1.82) is 0 Å². The van der Waals surface area contributed by atoms with Gasteiger partial charge in [-0.25, -0.2) is 4.98 Å². The highest BCUT2D eigenvalue weighted by Gasteiger charge is 2.13. The van der Waals surface area contributed by atoms with Gasteiger partial charge in [-0.1, -0.05) is 11.6 Å². The molecule has 0 spiro atoms. The quantitative estimate of drug-likeness (QED) is 0.819. The zero-order valence-corrected chi connectivity index (χ0v) is 11.5. The van der Waals surface area contributed by atoms with E-state index in [0.717, 1.165) is 0 Å². The molecule has 1 heterocycles. The van der Waals surface area contributed by atoms with E-state index < -0.39 is 12.0 Å². The van der Waals surface area contributed by atoms with Crippen molar-refractivity contribution in [2.75, 3.05) is 18.5 Å². The highest BCUT2D eigenvalue weighted by atomic mass is 35.5. The van der Waals surface area contributed by atoms with Gasteiger partial charge in [-0.15, -0.1) is 0 Å². The Hall–Kier alpha value is -1.82. The Balaban J connectivity index is 2.47. The summed E-state index contributed by atoms with van der Waals surface area (Å²) in [5.41, 5.74) is 0. The number of hydrogen-bond donors (Lipinski definition) is 2. The Morgan fingerprint density at radius 3 is 2.74 bits per heavy atom. The lowest BCUT2D eigenvalue weighted by atomic mass is 10.2. The molecule has 0 saturated heterocycles. The molecule has 1 unspecified atom stereocenters. The smallest absolute Gasteiger partial charge is 0.305 e. The second-order valence-corrected chi connectivity index (χ2v) is 4.69. The van der Waals surface area contributed by atoms with E-state index in [1.165, 1.54) is 6.20 Å². The minimum Gasteiger partial charge on any atom is -0.481 e. The first kappa shape index (κ1) is 15.2. The number of amides is 1. The zero-order chi connectivity index (χ0) is 14.4. The third-order valence-electron chi connectivity index (χ3n) is 2.37. The van der Waals surface area contributed by atoms with Crippen LogP contribution in [0.3, 0.4) is 0 Å². The first-order valence-electron chi connectivity index (χ1n) is 5.72.